The number of amides is 1. The third-order valence-electron chi connectivity index (χ3n) is 3.28. The third kappa shape index (κ3) is 2.21. The van der Waals surface area contributed by atoms with Crippen molar-refractivity contribution in [1.82, 2.24) is 10.2 Å². The molecular formula is C11H15N3O4. The van der Waals surface area contributed by atoms with Crippen LogP contribution in [-0.2, 0) is 0 Å². The number of nitrogens with one attached hydrogen (secondary N) is 1. The maximum absolute atomic E-state index is 12.2. The van der Waals surface area contributed by atoms with E-state index in [0.29, 0.717) is 13.1 Å². The minimum Gasteiger partial charge on any atom is -0.395 e. The highest BCUT2D eigenvalue weighted by Crippen LogP contribution is 2.19. The monoisotopic (exact) mass is 253 g/mol. The summed E-state index contributed by atoms with van der Waals surface area (Å²) in [5.74, 6) is -0.694. The van der Waals surface area contributed by atoms with Crippen molar-refractivity contribution in [2.24, 2.45) is 0 Å². The van der Waals surface area contributed by atoms with Crippen LogP contribution < -0.4 is 5.32 Å². The molecule has 1 amide bonds. The lowest BCUT2D eigenvalue weighted by atomic mass is 10.1. The highest BCUT2D eigenvalue weighted by atomic mass is 16.6. The summed E-state index contributed by atoms with van der Waals surface area (Å²) in [7, 11) is 0. The molecule has 2 heterocycles. The average molecular weight is 253 g/mol. The maximum Gasteiger partial charge on any atom is 0.433 e. The molecule has 1 fully saturated rings. The van der Waals surface area contributed by atoms with Crippen molar-refractivity contribution in [1.29, 1.82) is 0 Å². The van der Waals surface area contributed by atoms with Crippen molar-refractivity contribution in [2.45, 2.75) is 25.9 Å². The lowest BCUT2D eigenvalue weighted by Crippen LogP contribution is -2.57. The van der Waals surface area contributed by atoms with Crippen LogP contribution in [0.25, 0.3) is 0 Å². The van der Waals surface area contributed by atoms with Gasteiger partial charge in [-0.1, -0.05) is 0 Å². The largest absolute Gasteiger partial charge is 0.433 e. The predicted octanol–water partition coefficient (Wildman–Crippen LogP) is 1.01. The van der Waals surface area contributed by atoms with Crippen molar-refractivity contribution < 1.29 is 14.1 Å². The molecule has 0 saturated carbocycles. The maximum atomic E-state index is 12.2. The van der Waals surface area contributed by atoms with E-state index in [4.69, 9.17) is 4.42 Å². The van der Waals surface area contributed by atoms with Gasteiger partial charge in [0.05, 0.1) is 6.07 Å². The van der Waals surface area contributed by atoms with Crippen molar-refractivity contribution in [3.8, 4) is 0 Å². The smallest absolute Gasteiger partial charge is 0.395 e. The summed E-state index contributed by atoms with van der Waals surface area (Å²) in [4.78, 5) is 23.7. The minimum absolute atomic E-state index is 0.0163. The first-order valence-electron chi connectivity index (χ1n) is 5.79. The quantitative estimate of drug-likeness (QED) is 0.627. The van der Waals surface area contributed by atoms with Gasteiger partial charge in [0.15, 0.2) is 5.76 Å². The van der Waals surface area contributed by atoms with E-state index in [9.17, 15) is 14.9 Å². The lowest BCUT2D eigenvalue weighted by Gasteiger charge is -2.38. The first-order chi connectivity index (χ1) is 8.50. The number of carbonyl (C=O) groups excluding carboxylic acids is 1. The van der Waals surface area contributed by atoms with Crippen LogP contribution in [0, 0.1) is 10.1 Å². The molecule has 1 saturated heterocycles. The van der Waals surface area contributed by atoms with Gasteiger partial charge in [0.25, 0.3) is 5.91 Å². The van der Waals surface area contributed by atoms with Crippen molar-refractivity contribution >= 4 is 11.8 Å². The highest BCUT2D eigenvalue weighted by molar-refractivity contribution is 5.92. The molecule has 0 aliphatic carbocycles. The summed E-state index contributed by atoms with van der Waals surface area (Å²) in [5, 5.41) is 13.8. The number of furan rings is 1. The Morgan fingerprint density at radius 3 is 2.89 bits per heavy atom. The molecule has 2 rings (SSSR count). The Morgan fingerprint density at radius 1 is 1.56 bits per heavy atom. The summed E-state index contributed by atoms with van der Waals surface area (Å²) < 4.78 is 4.93. The number of hydrogen-bond acceptors (Lipinski definition) is 5. The molecule has 1 N–H and O–H groups in total. The molecule has 2 atom stereocenters. The van der Waals surface area contributed by atoms with Crippen LogP contribution in [0.4, 0.5) is 5.88 Å². The Balaban J connectivity index is 2.17. The topological polar surface area (TPSA) is 88.6 Å². The van der Waals surface area contributed by atoms with Gasteiger partial charge in [0, 0.05) is 25.2 Å². The zero-order valence-corrected chi connectivity index (χ0v) is 10.3. The fourth-order valence-corrected chi connectivity index (χ4v) is 2.03. The van der Waals surface area contributed by atoms with Crippen LogP contribution in [0.3, 0.4) is 0 Å². The standard InChI is InChI=1S/C11H15N3O4/c1-7-8(2)13(6-5-12-7)11(15)9-3-4-10(18-9)14(16)17/h3-4,7-8,12H,5-6H2,1-2H3. The van der Waals surface area contributed by atoms with Gasteiger partial charge >= 0.3 is 5.88 Å². The highest BCUT2D eigenvalue weighted by Gasteiger charge is 2.31. The Hall–Kier alpha value is -1.89. The fraction of sp³-hybridized carbons (Fsp3) is 0.545. The molecule has 7 heteroatoms. The molecule has 0 aromatic carbocycles. The zero-order chi connectivity index (χ0) is 13.3. The Kier molecular flexibility index (Phi) is 3.33. The van der Waals surface area contributed by atoms with E-state index < -0.39 is 10.8 Å². The summed E-state index contributed by atoms with van der Waals surface area (Å²) >= 11 is 0. The summed E-state index contributed by atoms with van der Waals surface area (Å²) in [5.41, 5.74) is 0. The van der Waals surface area contributed by atoms with Gasteiger partial charge in [-0.15, -0.1) is 0 Å². The number of carbonyl (C=O) groups is 1. The van der Waals surface area contributed by atoms with E-state index >= 15 is 0 Å². The first kappa shape index (κ1) is 12.6. The molecule has 2 unspecified atom stereocenters. The van der Waals surface area contributed by atoms with Crippen molar-refractivity contribution in [2.75, 3.05) is 13.1 Å². The van der Waals surface area contributed by atoms with Crippen LogP contribution in [0.2, 0.25) is 0 Å². The van der Waals surface area contributed by atoms with Crippen LogP contribution in [-0.4, -0.2) is 40.9 Å². The number of piperazine rings is 1. The fourth-order valence-electron chi connectivity index (χ4n) is 2.03. The van der Waals surface area contributed by atoms with Gasteiger partial charge in [-0.05, 0) is 19.9 Å². The molecule has 7 nitrogen and oxygen atoms in total. The molecular weight excluding hydrogens is 238 g/mol. The van der Waals surface area contributed by atoms with E-state index in [2.05, 4.69) is 5.32 Å². The van der Waals surface area contributed by atoms with Crippen LogP contribution in [0.15, 0.2) is 16.5 Å². The number of nitrogens with zero attached hydrogens (tertiary/aromatic N) is 2. The minimum atomic E-state index is -0.652. The van der Waals surface area contributed by atoms with E-state index in [0.717, 1.165) is 0 Å². The van der Waals surface area contributed by atoms with Gasteiger partial charge in [-0.25, -0.2) is 0 Å². The average Bonchev–Trinajstić information content (AvgIpc) is 2.81. The summed E-state index contributed by atoms with van der Waals surface area (Å²) in [6.07, 6.45) is 0. The third-order valence-corrected chi connectivity index (χ3v) is 3.28. The van der Waals surface area contributed by atoms with Gasteiger partial charge < -0.3 is 14.6 Å². The van der Waals surface area contributed by atoms with Gasteiger partial charge in [0.1, 0.15) is 4.92 Å². The molecule has 0 radical (unpaired) electrons. The SMILES string of the molecule is CC1NCCN(C(=O)c2ccc([N+](=O)[O-])o2)C1C. The van der Waals surface area contributed by atoms with E-state index in [1.165, 1.54) is 12.1 Å². The number of rotatable bonds is 2. The van der Waals surface area contributed by atoms with Crippen LogP contribution in [0.5, 0.6) is 0 Å². The molecule has 1 aliphatic heterocycles. The predicted molar refractivity (Wildman–Crippen MR) is 63.3 cm³/mol. The van der Waals surface area contributed by atoms with E-state index in [1.807, 2.05) is 13.8 Å². The Labute approximate surface area is 104 Å². The molecule has 1 aromatic rings. The number of hydrogen-bond donors (Lipinski definition) is 1. The molecule has 18 heavy (non-hydrogen) atoms. The zero-order valence-electron chi connectivity index (χ0n) is 10.3. The normalized spacial score (nSPS) is 24.0. The second-order valence-electron chi connectivity index (χ2n) is 4.38. The van der Waals surface area contributed by atoms with Crippen LogP contribution in [0.1, 0.15) is 24.4 Å². The summed E-state index contributed by atoms with van der Waals surface area (Å²) in [6.45, 7) is 5.21. The molecule has 1 aliphatic rings. The molecule has 0 bridgehead atoms. The Morgan fingerprint density at radius 2 is 2.28 bits per heavy atom. The number of nitro groups is 1. The first-order valence-corrected chi connectivity index (χ1v) is 5.79. The van der Waals surface area contributed by atoms with Crippen molar-refractivity contribution in [3.05, 3.63) is 28.0 Å². The van der Waals surface area contributed by atoms with Gasteiger partial charge in [-0.2, -0.15) is 0 Å². The lowest BCUT2D eigenvalue weighted by molar-refractivity contribution is -0.402. The van der Waals surface area contributed by atoms with Crippen LogP contribution >= 0.6 is 0 Å². The molecule has 98 valence electrons. The molecule has 0 spiro atoms. The van der Waals surface area contributed by atoms with E-state index in [1.54, 1.807) is 4.90 Å². The van der Waals surface area contributed by atoms with Gasteiger partial charge in [0.2, 0.25) is 0 Å². The van der Waals surface area contributed by atoms with E-state index in [-0.39, 0.29) is 23.8 Å². The van der Waals surface area contributed by atoms with Crippen molar-refractivity contribution in [3.63, 3.8) is 0 Å². The van der Waals surface area contributed by atoms with Gasteiger partial charge in [-0.3, -0.25) is 14.9 Å². The second kappa shape index (κ2) is 4.77. The Bertz CT molecular complexity index is 471. The molecule has 1 aromatic heterocycles. The second-order valence-corrected chi connectivity index (χ2v) is 4.38. The summed E-state index contributed by atoms with van der Waals surface area (Å²) in [6, 6.07) is 2.76.